The number of pyridine rings is 1. The molecule has 2 amide bonds. The molecular formula is C23H21N5O6S. The number of carboxylic acids is 1. The van der Waals surface area contributed by atoms with Gasteiger partial charge in [-0.05, 0) is 13.0 Å². The number of ketones is 1. The van der Waals surface area contributed by atoms with Crippen molar-refractivity contribution >= 4 is 45.3 Å². The molecule has 0 spiro atoms. The molecule has 4 atom stereocenters. The first-order chi connectivity index (χ1) is 16.6. The maximum Gasteiger partial charge on any atom is 0.283 e. The highest BCUT2D eigenvalue weighted by molar-refractivity contribution is 7.18. The Hall–Kier alpha value is -3.90. The van der Waals surface area contributed by atoms with Gasteiger partial charge in [0, 0.05) is 23.8 Å². The molecule has 11 nitrogen and oxygen atoms in total. The van der Waals surface area contributed by atoms with E-state index in [1.165, 1.54) is 40.3 Å². The molecule has 2 aliphatic rings. The van der Waals surface area contributed by atoms with Gasteiger partial charge in [-0.15, -0.1) is 11.3 Å². The van der Waals surface area contributed by atoms with E-state index in [0.29, 0.717) is 20.8 Å². The fraction of sp³-hybridized carbons (Fsp3) is 0.304. The number of amides is 2. The number of aromatic nitrogens is 3. The fourth-order valence-electron chi connectivity index (χ4n) is 5.03. The minimum absolute atomic E-state index is 0.0786. The number of carboxylic acid groups (broad SMARTS) is 1. The normalized spacial score (nSPS) is 22.3. The fourth-order valence-corrected chi connectivity index (χ4v) is 6.25. The van der Waals surface area contributed by atoms with Gasteiger partial charge in [0.25, 0.3) is 5.91 Å². The quantitative estimate of drug-likeness (QED) is 0.234. The highest BCUT2D eigenvalue weighted by Gasteiger charge is 2.58. The first-order valence-corrected chi connectivity index (χ1v) is 11.7. The Bertz CT molecular complexity index is 1450. The summed E-state index contributed by atoms with van der Waals surface area (Å²) in [6.45, 7) is 3.25. The zero-order valence-electron chi connectivity index (χ0n) is 18.7. The van der Waals surface area contributed by atoms with Gasteiger partial charge < -0.3 is 25.6 Å². The number of rotatable bonds is 7. The summed E-state index contributed by atoms with van der Waals surface area (Å²) in [6, 6.07) is 2.75. The van der Waals surface area contributed by atoms with Gasteiger partial charge >= 0.3 is 0 Å². The van der Waals surface area contributed by atoms with E-state index >= 15 is 0 Å². The Morgan fingerprint density at radius 2 is 2.11 bits per heavy atom. The number of thiazole rings is 1. The summed E-state index contributed by atoms with van der Waals surface area (Å²) in [6.07, 6.45) is 5.35. The van der Waals surface area contributed by atoms with Crippen LogP contribution in [0.1, 0.15) is 34.8 Å². The molecular weight excluding hydrogens is 474 g/mol. The van der Waals surface area contributed by atoms with Gasteiger partial charge in [-0.3, -0.25) is 18.8 Å². The van der Waals surface area contributed by atoms with E-state index in [0.717, 1.165) is 0 Å². The number of nitrogens with two attached hydrogens (primary N) is 1. The molecule has 0 aromatic carbocycles. The number of hydrogen-bond donors (Lipinski definition) is 2. The first-order valence-electron chi connectivity index (χ1n) is 10.9. The van der Waals surface area contributed by atoms with Crippen molar-refractivity contribution < 1.29 is 34.0 Å². The molecule has 12 heteroatoms. The molecule has 5 rings (SSSR count). The molecule has 0 saturated carbocycles. The average Bonchev–Trinajstić information content (AvgIpc) is 3.42. The molecule has 3 N–H and O–H groups in total. The third kappa shape index (κ3) is 3.44. The summed E-state index contributed by atoms with van der Waals surface area (Å²) < 4.78 is 3.13. The second-order valence-electron chi connectivity index (χ2n) is 8.77. The Kier molecular flexibility index (Phi) is 5.29. The van der Waals surface area contributed by atoms with E-state index in [4.69, 9.17) is 5.73 Å². The van der Waals surface area contributed by atoms with Crippen LogP contribution in [0, 0.1) is 11.8 Å². The maximum absolute atomic E-state index is 13.2. The second kappa shape index (κ2) is 8.10. The lowest BCUT2D eigenvalue weighted by Gasteiger charge is -2.47. The van der Waals surface area contributed by atoms with Gasteiger partial charge in [-0.2, -0.15) is 4.57 Å². The predicted molar refractivity (Wildman–Crippen MR) is 119 cm³/mol. The van der Waals surface area contributed by atoms with Crippen molar-refractivity contribution in [2.45, 2.75) is 32.5 Å². The third-order valence-electron chi connectivity index (χ3n) is 6.52. The van der Waals surface area contributed by atoms with Gasteiger partial charge in [0.05, 0.1) is 40.2 Å². The molecule has 3 aromatic rings. The van der Waals surface area contributed by atoms with E-state index in [-0.39, 0.29) is 29.6 Å². The lowest BCUT2D eigenvalue weighted by Crippen LogP contribution is -2.64. The van der Waals surface area contributed by atoms with Gasteiger partial charge in [0.1, 0.15) is 16.9 Å². The largest absolute Gasteiger partial charge is 0.543 e. The lowest BCUT2D eigenvalue weighted by atomic mass is 9.77. The Morgan fingerprint density at radius 3 is 2.77 bits per heavy atom. The number of primary amides is 1. The topological polar surface area (TPSA) is 162 Å². The van der Waals surface area contributed by atoms with Crippen LogP contribution in [0.3, 0.4) is 0 Å². The molecule has 3 unspecified atom stereocenters. The number of hydrogen-bond acceptors (Lipinski definition) is 8. The molecule has 5 heterocycles. The standard InChI is InChI=1S/C23H21N5O6S/c1-10-15(19(23(33)34)28-18(10)16(11(2)29)21(28)32)13-7-27-9-25-17(22(27)35-13)20(31)12-4-3-5-26(6-12)8-14(24)30/h3-7,9-11,16,18,29H,8H2,1-2H3,(H2-,24,30,33,34)/t10-,11?,16?,18?/m0/s1. The summed E-state index contributed by atoms with van der Waals surface area (Å²) in [5.74, 6) is -3.89. The number of carbonyl (C=O) groups excluding carboxylic acids is 4. The van der Waals surface area contributed by atoms with Crippen molar-refractivity contribution in [1.82, 2.24) is 14.3 Å². The van der Waals surface area contributed by atoms with Crippen LogP contribution in [0.25, 0.3) is 10.4 Å². The molecule has 180 valence electrons. The van der Waals surface area contributed by atoms with Crippen molar-refractivity contribution in [2.24, 2.45) is 17.6 Å². The number of aliphatic carboxylic acids is 1. The van der Waals surface area contributed by atoms with Crippen LogP contribution in [0.15, 0.2) is 42.7 Å². The van der Waals surface area contributed by atoms with Crippen molar-refractivity contribution in [1.29, 1.82) is 0 Å². The molecule has 0 bridgehead atoms. The van der Waals surface area contributed by atoms with Crippen LogP contribution in [0.5, 0.6) is 0 Å². The number of aliphatic hydroxyl groups is 1. The van der Waals surface area contributed by atoms with Crippen LogP contribution >= 0.6 is 11.3 Å². The molecule has 3 aromatic heterocycles. The van der Waals surface area contributed by atoms with Crippen LogP contribution in [0.4, 0.5) is 0 Å². The predicted octanol–water partition coefficient (Wildman–Crippen LogP) is -1.28. The average molecular weight is 496 g/mol. The number of β-lactam (4-membered cyclic amide) rings is 1. The van der Waals surface area contributed by atoms with E-state index in [2.05, 4.69) is 4.98 Å². The minimum atomic E-state index is -1.47. The summed E-state index contributed by atoms with van der Waals surface area (Å²) in [5.41, 5.74) is 5.94. The highest BCUT2D eigenvalue weighted by atomic mass is 32.1. The second-order valence-corrected chi connectivity index (χ2v) is 9.80. The minimum Gasteiger partial charge on any atom is -0.543 e. The summed E-state index contributed by atoms with van der Waals surface area (Å²) >= 11 is 1.18. The summed E-state index contributed by atoms with van der Waals surface area (Å²) in [5, 5.41) is 22.1. The number of fused-ring (bicyclic) bond motifs is 2. The van der Waals surface area contributed by atoms with E-state index in [9.17, 15) is 29.4 Å². The lowest BCUT2D eigenvalue weighted by molar-refractivity contribution is -0.684. The molecule has 1 saturated heterocycles. The molecule has 0 radical (unpaired) electrons. The van der Waals surface area contributed by atoms with Gasteiger partial charge in [-0.25, -0.2) is 4.98 Å². The number of carbonyl (C=O) groups is 4. The van der Waals surface area contributed by atoms with Crippen molar-refractivity contribution in [3.63, 3.8) is 0 Å². The van der Waals surface area contributed by atoms with Crippen molar-refractivity contribution in [2.75, 3.05) is 0 Å². The van der Waals surface area contributed by atoms with Crippen LogP contribution in [-0.4, -0.2) is 55.1 Å². The number of aliphatic hydroxyl groups excluding tert-OH is 1. The summed E-state index contributed by atoms with van der Waals surface area (Å²) in [4.78, 5) is 55.6. The van der Waals surface area contributed by atoms with Crippen molar-refractivity contribution in [3.8, 4) is 0 Å². The van der Waals surface area contributed by atoms with E-state index < -0.39 is 35.8 Å². The van der Waals surface area contributed by atoms with Crippen molar-refractivity contribution in [3.05, 3.63) is 58.9 Å². The van der Waals surface area contributed by atoms with Gasteiger partial charge in [0.15, 0.2) is 12.4 Å². The summed E-state index contributed by atoms with van der Waals surface area (Å²) in [7, 11) is 0. The van der Waals surface area contributed by atoms with Crippen LogP contribution in [0.2, 0.25) is 0 Å². The molecule has 1 fully saturated rings. The monoisotopic (exact) mass is 495 g/mol. The third-order valence-corrected chi connectivity index (χ3v) is 7.66. The zero-order valence-corrected chi connectivity index (χ0v) is 19.6. The van der Waals surface area contributed by atoms with Gasteiger partial charge in [0.2, 0.25) is 18.2 Å². The molecule has 0 aliphatic carbocycles. The first kappa shape index (κ1) is 22.9. The Morgan fingerprint density at radius 1 is 1.37 bits per heavy atom. The van der Waals surface area contributed by atoms with Crippen LogP contribution < -0.4 is 15.4 Å². The van der Waals surface area contributed by atoms with Gasteiger partial charge in [-0.1, -0.05) is 6.92 Å². The highest BCUT2D eigenvalue weighted by Crippen LogP contribution is 2.51. The van der Waals surface area contributed by atoms with Crippen LogP contribution in [-0.2, 0) is 20.9 Å². The smallest absolute Gasteiger partial charge is 0.283 e. The Labute approximate surface area is 202 Å². The SMILES string of the molecule is CC(O)C1C(=O)N2C(C(=O)[O-])=C(c3cn4cnc(C(=O)c5ccc[n+](CC(N)=O)c5)c4s3)[C@H](C)C12. The number of imidazole rings is 1. The zero-order chi connectivity index (χ0) is 25.2. The molecule has 35 heavy (non-hydrogen) atoms. The van der Waals surface area contributed by atoms with E-state index in [1.54, 1.807) is 28.9 Å². The van der Waals surface area contributed by atoms with E-state index in [1.807, 2.05) is 6.92 Å². The maximum atomic E-state index is 13.2. The Balaban J connectivity index is 1.54. The number of nitrogens with zero attached hydrogens (tertiary/aromatic N) is 4. The molecule has 2 aliphatic heterocycles.